The zero-order valence-corrected chi connectivity index (χ0v) is 13.7. The Kier molecular flexibility index (Phi) is 3.92. The maximum absolute atomic E-state index is 5.88. The minimum Gasteiger partial charge on any atom is -0.459 e. The van der Waals surface area contributed by atoms with E-state index >= 15 is 0 Å². The molecule has 2 heterocycles. The fraction of sp³-hybridized carbons (Fsp3) is 0.267. The smallest absolute Gasteiger partial charge is 0.134 e. The van der Waals surface area contributed by atoms with E-state index in [-0.39, 0.29) is 6.04 Å². The molecule has 1 N–H and O–H groups in total. The van der Waals surface area contributed by atoms with Crippen molar-refractivity contribution in [2.75, 3.05) is 0 Å². The van der Waals surface area contributed by atoms with Crippen molar-refractivity contribution in [2.24, 2.45) is 0 Å². The Morgan fingerprint density at radius 3 is 3.00 bits per heavy atom. The van der Waals surface area contributed by atoms with E-state index in [9.17, 15) is 0 Å². The molecule has 0 amide bonds. The lowest BCUT2D eigenvalue weighted by molar-refractivity contribution is 0.450. The lowest BCUT2D eigenvalue weighted by Gasteiger charge is -2.09. The SMILES string of the molecule is Cc1csc(CNC(C)c2cc3cc(Br)ccc3o2)n1. The van der Waals surface area contributed by atoms with E-state index in [1.807, 2.05) is 19.1 Å². The predicted molar refractivity (Wildman–Crippen MR) is 86.0 cm³/mol. The highest BCUT2D eigenvalue weighted by Crippen LogP contribution is 2.26. The number of thiazole rings is 1. The Morgan fingerprint density at radius 2 is 2.25 bits per heavy atom. The summed E-state index contributed by atoms with van der Waals surface area (Å²) in [6.45, 7) is 4.88. The van der Waals surface area contributed by atoms with E-state index in [1.165, 1.54) is 0 Å². The lowest BCUT2D eigenvalue weighted by Crippen LogP contribution is -2.17. The van der Waals surface area contributed by atoms with Crippen LogP contribution in [0.5, 0.6) is 0 Å². The minimum absolute atomic E-state index is 0.158. The summed E-state index contributed by atoms with van der Waals surface area (Å²) < 4.78 is 6.94. The quantitative estimate of drug-likeness (QED) is 0.733. The number of aromatic nitrogens is 1. The molecule has 5 heteroatoms. The van der Waals surface area contributed by atoms with Gasteiger partial charge in [0.05, 0.1) is 6.04 Å². The van der Waals surface area contributed by atoms with Crippen LogP contribution in [0.2, 0.25) is 0 Å². The van der Waals surface area contributed by atoms with E-state index in [1.54, 1.807) is 11.3 Å². The zero-order valence-electron chi connectivity index (χ0n) is 11.3. The summed E-state index contributed by atoms with van der Waals surface area (Å²) in [7, 11) is 0. The molecule has 0 saturated heterocycles. The van der Waals surface area contributed by atoms with Gasteiger partial charge in [0.2, 0.25) is 0 Å². The van der Waals surface area contributed by atoms with Crippen LogP contribution in [-0.4, -0.2) is 4.98 Å². The molecule has 0 bridgehead atoms. The van der Waals surface area contributed by atoms with Gasteiger partial charge in [-0.15, -0.1) is 11.3 Å². The predicted octanol–water partition coefficient (Wildman–Crippen LogP) is 4.81. The number of aryl methyl sites for hydroxylation is 1. The Morgan fingerprint density at radius 1 is 1.40 bits per heavy atom. The van der Waals surface area contributed by atoms with Crippen molar-refractivity contribution in [2.45, 2.75) is 26.4 Å². The van der Waals surface area contributed by atoms with Crippen LogP contribution in [0.1, 0.15) is 29.4 Å². The number of rotatable bonds is 4. The van der Waals surface area contributed by atoms with E-state index in [4.69, 9.17) is 4.42 Å². The first-order valence-corrected chi connectivity index (χ1v) is 8.12. The van der Waals surface area contributed by atoms with Gasteiger partial charge >= 0.3 is 0 Å². The van der Waals surface area contributed by atoms with Gasteiger partial charge in [0.15, 0.2) is 0 Å². The molecule has 1 aromatic carbocycles. The molecule has 1 unspecified atom stereocenters. The van der Waals surface area contributed by atoms with Crippen molar-refractivity contribution < 1.29 is 4.42 Å². The summed E-state index contributed by atoms with van der Waals surface area (Å²) in [6, 6.07) is 8.29. The number of benzene rings is 1. The number of furan rings is 1. The molecule has 2 aromatic heterocycles. The fourth-order valence-corrected chi connectivity index (χ4v) is 3.17. The summed E-state index contributed by atoms with van der Waals surface area (Å²) in [5.74, 6) is 0.950. The van der Waals surface area contributed by atoms with Crippen LogP contribution in [0, 0.1) is 6.92 Å². The number of halogens is 1. The van der Waals surface area contributed by atoms with Gasteiger partial charge in [0.25, 0.3) is 0 Å². The van der Waals surface area contributed by atoms with Gasteiger partial charge in [0.1, 0.15) is 16.4 Å². The molecular weight excluding hydrogens is 336 g/mol. The summed E-state index contributed by atoms with van der Waals surface area (Å²) in [5, 5.41) is 7.74. The van der Waals surface area contributed by atoms with Gasteiger partial charge in [0, 0.05) is 27.5 Å². The second kappa shape index (κ2) is 5.68. The van der Waals surface area contributed by atoms with E-state index in [0.717, 1.165) is 38.4 Å². The third kappa shape index (κ3) is 2.95. The standard InChI is InChI=1S/C15H15BrN2OS/c1-9-8-20-15(18-9)7-17-10(2)14-6-11-5-12(16)3-4-13(11)19-14/h3-6,8,10,17H,7H2,1-2H3. The Bertz CT molecular complexity index is 734. The Labute approximate surface area is 130 Å². The molecule has 0 saturated carbocycles. The highest BCUT2D eigenvalue weighted by atomic mass is 79.9. The van der Waals surface area contributed by atoms with Crippen molar-refractivity contribution in [3.05, 3.63) is 50.6 Å². The average Bonchev–Trinajstić information content (AvgIpc) is 3.01. The highest BCUT2D eigenvalue weighted by molar-refractivity contribution is 9.10. The number of fused-ring (bicyclic) bond motifs is 1. The molecule has 0 fully saturated rings. The third-order valence-electron chi connectivity index (χ3n) is 3.15. The first-order valence-electron chi connectivity index (χ1n) is 6.45. The fourth-order valence-electron chi connectivity index (χ4n) is 2.07. The average molecular weight is 351 g/mol. The van der Waals surface area contributed by atoms with Crippen molar-refractivity contribution in [1.82, 2.24) is 10.3 Å². The molecule has 0 aliphatic heterocycles. The molecule has 0 aliphatic rings. The lowest BCUT2D eigenvalue weighted by atomic mass is 10.2. The molecule has 3 aromatic rings. The van der Waals surface area contributed by atoms with Crippen molar-refractivity contribution >= 4 is 38.2 Å². The summed E-state index contributed by atoms with van der Waals surface area (Å²) in [5.41, 5.74) is 2.00. The van der Waals surface area contributed by atoms with Gasteiger partial charge < -0.3 is 9.73 Å². The molecule has 1 atom stereocenters. The zero-order chi connectivity index (χ0) is 14.1. The maximum atomic E-state index is 5.88. The van der Waals surface area contributed by atoms with Gasteiger partial charge in [-0.05, 0) is 38.1 Å². The number of hydrogen-bond acceptors (Lipinski definition) is 4. The third-order valence-corrected chi connectivity index (χ3v) is 4.61. The number of hydrogen-bond donors (Lipinski definition) is 1. The Balaban J connectivity index is 1.73. The molecule has 20 heavy (non-hydrogen) atoms. The number of nitrogens with one attached hydrogen (secondary N) is 1. The van der Waals surface area contributed by atoms with Gasteiger partial charge in [-0.1, -0.05) is 15.9 Å². The van der Waals surface area contributed by atoms with Crippen LogP contribution in [-0.2, 0) is 6.54 Å². The van der Waals surface area contributed by atoms with Crippen molar-refractivity contribution in [1.29, 1.82) is 0 Å². The highest BCUT2D eigenvalue weighted by Gasteiger charge is 2.12. The first-order chi connectivity index (χ1) is 9.61. The van der Waals surface area contributed by atoms with E-state index < -0.39 is 0 Å². The second-order valence-corrected chi connectivity index (χ2v) is 6.67. The maximum Gasteiger partial charge on any atom is 0.134 e. The van der Waals surface area contributed by atoms with Gasteiger partial charge in [-0.25, -0.2) is 4.98 Å². The van der Waals surface area contributed by atoms with Crippen molar-refractivity contribution in [3.8, 4) is 0 Å². The molecule has 0 aliphatic carbocycles. The molecule has 0 spiro atoms. The second-order valence-electron chi connectivity index (χ2n) is 4.82. The molecular formula is C15H15BrN2OS. The van der Waals surface area contributed by atoms with E-state index in [2.05, 4.69) is 50.7 Å². The van der Waals surface area contributed by atoms with Crippen LogP contribution >= 0.6 is 27.3 Å². The van der Waals surface area contributed by atoms with Gasteiger partial charge in [-0.3, -0.25) is 0 Å². The molecule has 3 rings (SSSR count). The van der Waals surface area contributed by atoms with Crippen LogP contribution in [0.4, 0.5) is 0 Å². The van der Waals surface area contributed by atoms with Crippen molar-refractivity contribution in [3.63, 3.8) is 0 Å². The topological polar surface area (TPSA) is 38.1 Å². The summed E-state index contributed by atoms with van der Waals surface area (Å²) >= 11 is 5.16. The van der Waals surface area contributed by atoms with Crippen LogP contribution in [0.3, 0.4) is 0 Å². The molecule has 3 nitrogen and oxygen atoms in total. The van der Waals surface area contributed by atoms with Crippen LogP contribution in [0.25, 0.3) is 11.0 Å². The Hall–Kier alpha value is -1.17. The number of nitrogens with zero attached hydrogens (tertiary/aromatic N) is 1. The van der Waals surface area contributed by atoms with Crippen LogP contribution < -0.4 is 5.32 Å². The summed E-state index contributed by atoms with van der Waals surface area (Å²) in [6.07, 6.45) is 0. The molecule has 104 valence electrons. The van der Waals surface area contributed by atoms with Crippen LogP contribution in [0.15, 0.2) is 38.5 Å². The normalized spacial score (nSPS) is 12.9. The van der Waals surface area contributed by atoms with Gasteiger partial charge in [-0.2, -0.15) is 0 Å². The minimum atomic E-state index is 0.158. The monoisotopic (exact) mass is 350 g/mol. The largest absolute Gasteiger partial charge is 0.459 e. The summed E-state index contributed by atoms with van der Waals surface area (Å²) in [4.78, 5) is 4.45. The first kappa shape index (κ1) is 13.8. The van der Waals surface area contributed by atoms with E-state index in [0.29, 0.717) is 0 Å². The molecule has 0 radical (unpaired) electrons.